The van der Waals surface area contributed by atoms with Gasteiger partial charge in [0.15, 0.2) is 5.82 Å². The van der Waals surface area contributed by atoms with Gasteiger partial charge in [0.05, 0.1) is 0 Å². The first-order valence-corrected chi connectivity index (χ1v) is 8.17. The highest BCUT2D eigenvalue weighted by Crippen LogP contribution is 2.17. The molecule has 7 heteroatoms. The molecule has 1 atom stereocenters. The average molecular weight is 288 g/mol. The zero-order valence-corrected chi connectivity index (χ0v) is 12.7. The van der Waals surface area contributed by atoms with Gasteiger partial charge in [0.1, 0.15) is 4.90 Å². The van der Waals surface area contributed by atoms with Gasteiger partial charge in [-0.15, -0.1) is 0 Å². The van der Waals surface area contributed by atoms with Crippen LogP contribution >= 0.6 is 0 Å². The lowest BCUT2D eigenvalue weighted by Crippen LogP contribution is -2.29. The largest absolute Gasteiger partial charge is 0.381 e. The quantitative estimate of drug-likeness (QED) is 0.758. The third-order valence-corrected chi connectivity index (χ3v) is 4.66. The van der Waals surface area contributed by atoms with Crippen LogP contribution in [0.1, 0.15) is 39.5 Å². The van der Waals surface area contributed by atoms with E-state index in [1.165, 1.54) is 10.9 Å². The Labute approximate surface area is 115 Å². The second kappa shape index (κ2) is 6.91. The van der Waals surface area contributed by atoms with Crippen LogP contribution in [0.2, 0.25) is 0 Å². The van der Waals surface area contributed by atoms with Gasteiger partial charge in [-0.05, 0) is 12.3 Å². The number of rotatable bonds is 8. The minimum Gasteiger partial charge on any atom is -0.381 e. The molecule has 6 nitrogen and oxygen atoms in total. The van der Waals surface area contributed by atoms with Gasteiger partial charge in [0, 0.05) is 19.8 Å². The molecule has 0 fully saturated rings. The van der Waals surface area contributed by atoms with Crippen LogP contribution in [0.4, 0.5) is 5.82 Å². The molecular weight excluding hydrogens is 264 g/mol. The summed E-state index contributed by atoms with van der Waals surface area (Å²) in [6, 6.07) is 0. The van der Waals surface area contributed by atoms with Gasteiger partial charge in [-0.2, -0.15) is 5.10 Å². The number of hydrogen-bond donors (Lipinski definition) is 2. The maximum absolute atomic E-state index is 12.1. The standard InChI is InChI=1S/C12H24N4O2S/c1-4-6-7-10(5-2)8-14-19(17,18)11-9-16(3)15-12(11)13/h9-10,14H,4-8H2,1-3H3,(H2,13,15). The molecule has 0 radical (unpaired) electrons. The first-order chi connectivity index (χ1) is 8.90. The van der Waals surface area contributed by atoms with Crippen molar-refractivity contribution >= 4 is 15.8 Å². The molecule has 110 valence electrons. The van der Waals surface area contributed by atoms with E-state index < -0.39 is 10.0 Å². The van der Waals surface area contributed by atoms with E-state index >= 15 is 0 Å². The van der Waals surface area contributed by atoms with E-state index in [1.54, 1.807) is 7.05 Å². The number of sulfonamides is 1. The predicted octanol–water partition coefficient (Wildman–Crippen LogP) is 1.50. The van der Waals surface area contributed by atoms with E-state index in [2.05, 4.69) is 23.7 Å². The highest BCUT2D eigenvalue weighted by Gasteiger charge is 2.21. The Balaban J connectivity index is 2.67. The summed E-state index contributed by atoms with van der Waals surface area (Å²) in [6.07, 6.45) is 5.67. The molecule has 0 saturated carbocycles. The highest BCUT2D eigenvalue weighted by atomic mass is 32.2. The molecule has 0 aliphatic rings. The van der Waals surface area contributed by atoms with Crippen molar-refractivity contribution in [1.82, 2.24) is 14.5 Å². The normalized spacial score (nSPS) is 13.6. The van der Waals surface area contributed by atoms with Crippen molar-refractivity contribution in [3.8, 4) is 0 Å². The summed E-state index contributed by atoms with van der Waals surface area (Å²) < 4.78 is 28.3. The summed E-state index contributed by atoms with van der Waals surface area (Å²) in [6.45, 7) is 4.66. The summed E-state index contributed by atoms with van der Waals surface area (Å²) in [5.41, 5.74) is 5.60. The van der Waals surface area contributed by atoms with Gasteiger partial charge >= 0.3 is 0 Å². The fourth-order valence-corrected chi connectivity index (χ4v) is 3.16. The number of nitrogen functional groups attached to an aromatic ring is 1. The third-order valence-electron chi connectivity index (χ3n) is 3.22. The van der Waals surface area contributed by atoms with Crippen LogP contribution in [0, 0.1) is 5.92 Å². The fraction of sp³-hybridized carbons (Fsp3) is 0.750. The Hall–Kier alpha value is -1.08. The number of aryl methyl sites for hydroxylation is 1. The number of nitrogens with one attached hydrogen (secondary N) is 1. The maximum atomic E-state index is 12.1. The van der Waals surface area contributed by atoms with Crippen LogP contribution in [0.25, 0.3) is 0 Å². The van der Waals surface area contributed by atoms with Crippen LogP contribution in [0.15, 0.2) is 11.1 Å². The predicted molar refractivity (Wildman–Crippen MR) is 76.1 cm³/mol. The molecule has 0 saturated heterocycles. The number of anilines is 1. The zero-order valence-electron chi connectivity index (χ0n) is 11.9. The van der Waals surface area contributed by atoms with Crippen LogP contribution in [0.3, 0.4) is 0 Å². The summed E-state index contributed by atoms with van der Waals surface area (Å²) >= 11 is 0. The molecule has 0 spiro atoms. The second-order valence-electron chi connectivity index (χ2n) is 4.82. The lowest BCUT2D eigenvalue weighted by molar-refractivity contribution is 0.444. The molecule has 1 aromatic rings. The van der Waals surface area contributed by atoms with E-state index in [9.17, 15) is 8.42 Å². The maximum Gasteiger partial charge on any atom is 0.245 e. The summed E-state index contributed by atoms with van der Waals surface area (Å²) in [5.74, 6) is 0.407. The number of aromatic nitrogens is 2. The first-order valence-electron chi connectivity index (χ1n) is 6.69. The Morgan fingerprint density at radius 2 is 2.16 bits per heavy atom. The highest BCUT2D eigenvalue weighted by molar-refractivity contribution is 7.89. The molecule has 1 heterocycles. The molecule has 0 aliphatic carbocycles. The minimum atomic E-state index is -3.56. The minimum absolute atomic E-state index is 0.0385. The number of nitrogens with two attached hydrogens (primary N) is 1. The molecule has 0 amide bonds. The summed E-state index contributed by atoms with van der Waals surface area (Å²) in [5, 5.41) is 3.85. The summed E-state index contributed by atoms with van der Waals surface area (Å²) in [7, 11) is -1.91. The van der Waals surface area contributed by atoms with Crippen LogP contribution in [0.5, 0.6) is 0 Å². The van der Waals surface area contributed by atoms with Crippen molar-refractivity contribution in [2.45, 2.75) is 44.4 Å². The van der Waals surface area contributed by atoms with E-state index in [1.807, 2.05) is 0 Å². The molecule has 0 aromatic carbocycles. The topological polar surface area (TPSA) is 90.0 Å². The zero-order chi connectivity index (χ0) is 14.5. The average Bonchev–Trinajstić information content (AvgIpc) is 2.69. The Morgan fingerprint density at radius 1 is 1.47 bits per heavy atom. The molecule has 1 unspecified atom stereocenters. The van der Waals surface area contributed by atoms with E-state index in [0.717, 1.165) is 25.7 Å². The van der Waals surface area contributed by atoms with Crippen molar-refractivity contribution in [1.29, 1.82) is 0 Å². The molecule has 1 aromatic heterocycles. The smallest absolute Gasteiger partial charge is 0.245 e. The lowest BCUT2D eigenvalue weighted by Gasteiger charge is -2.15. The number of unbranched alkanes of at least 4 members (excludes halogenated alkanes) is 1. The van der Waals surface area contributed by atoms with Crippen molar-refractivity contribution in [2.24, 2.45) is 13.0 Å². The van der Waals surface area contributed by atoms with Crippen LogP contribution in [-0.4, -0.2) is 24.7 Å². The Morgan fingerprint density at radius 3 is 2.63 bits per heavy atom. The van der Waals surface area contributed by atoms with Gasteiger partial charge in [0.25, 0.3) is 0 Å². The molecule has 3 N–H and O–H groups in total. The van der Waals surface area contributed by atoms with Crippen molar-refractivity contribution < 1.29 is 8.42 Å². The monoisotopic (exact) mass is 288 g/mol. The fourth-order valence-electron chi connectivity index (χ4n) is 1.94. The van der Waals surface area contributed by atoms with E-state index in [4.69, 9.17) is 5.73 Å². The van der Waals surface area contributed by atoms with Gasteiger partial charge in [-0.3, -0.25) is 4.68 Å². The van der Waals surface area contributed by atoms with E-state index in [0.29, 0.717) is 12.5 Å². The van der Waals surface area contributed by atoms with E-state index in [-0.39, 0.29) is 10.7 Å². The molecule has 0 aliphatic heterocycles. The molecule has 1 rings (SSSR count). The third kappa shape index (κ3) is 4.50. The van der Waals surface area contributed by atoms with Crippen molar-refractivity contribution in [3.63, 3.8) is 0 Å². The Kier molecular flexibility index (Phi) is 5.81. The lowest BCUT2D eigenvalue weighted by atomic mass is 10.00. The van der Waals surface area contributed by atoms with Gasteiger partial charge in [-0.25, -0.2) is 13.1 Å². The van der Waals surface area contributed by atoms with Gasteiger partial charge in [-0.1, -0.05) is 33.1 Å². The number of hydrogen-bond acceptors (Lipinski definition) is 4. The molecule has 19 heavy (non-hydrogen) atoms. The molecule has 0 bridgehead atoms. The van der Waals surface area contributed by atoms with Crippen molar-refractivity contribution in [3.05, 3.63) is 6.20 Å². The second-order valence-corrected chi connectivity index (χ2v) is 6.56. The van der Waals surface area contributed by atoms with Gasteiger partial charge < -0.3 is 5.73 Å². The van der Waals surface area contributed by atoms with Gasteiger partial charge in [0.2, 0.25) is 10.0 Å². The van der Waals surface area contributed by atoms with Crippen LogP contribution < -0.4 is 10.5 Å². The SMILES string of the molecule is CCCCC(CC)CNS(=O)(=O)c1cn(C)nc1N. The Bertz CT molecular complexity index is 496. The van der Waals surface area contributed by atoms with Crippen LogP contribution in [-0.2, 0) is 17.1 Å². The van der Waals surface area contributed by atoms with Crippen molar-refractivity contribution in [2.75, 3.05) is 12.3 Å². The number of nitrogens with zero attached hydrogens (tertiary/aromatic N) is 2. The summed E-state index contributed by atoms with van der Waals surface area (Å²) in [4.78, 5) is 0.0559. The first kappa shape index (κ1) is 16.0. The molecular formula is C12H24N4O2S.